The molecule has 1 atom stereocenters. The van der Waals surface area contributed by atoms with Crippen molar-refractivity contribution in [2.45, 2.75) is 71.8 Å². The monoisotopic (exact) mass is 374 g/mol. The molecular weight excluding hydrogens is 340 g/mol. The summed E-state index contributed by atoms with van der Waals surface area (Å²) in [4.78, 5) is 26.5. The zero-order valence-electron chi connectivity index (χ0n) is 17.4. The van der Waals surface area contributed by atoms with Crippen LogP contribution in [0.1, 0.15) is 76.8 Å². The van der Waals surface area contributed by atoms with Crippen LogP contribution in [0.25, 0.3) is 0 Å². The lowest BCUT2D eigenvalue weighted by atomic mass is 9.91. The minimum Gasteiger partial charge on any atom is -0.376 e. The van der Waals surface area contributed by atoms with Crippen LogP contribution in [0.3, 0.4) is 0 Å². The fourth-order valence-electron chi connectivity index (χ4n) is 3.58. The number of carbonyl (C=O) groups excluding carboxylic acids is 2. The Labute approximate surface area is 163 Å². The van der Waals surface area contributed by atoms with Gasteiger partial charge in [0.1, 0.15) is 0 Å². The third kappa shape index (κ3) is 5.80. The smallest absolute Gasteiger partial charge is 0.223 e. The van der Waals surface area contributed by atoms with E-state index in [0.717, 1.165) is 36.3 Å². The predicted octanol–water partition coefficient (Wildman–Crippen LogP) is 3.97. The molecule has 0 radical (unpaired) electrons. The molecule has 1 aromatic carbocycles. The number of anilines is 1. The summed E-state index contributed by atoms with van der Waals surface area (Å²) in [7, 11) is 0. The molecular formula is C22H34N2O3. The number of nitrogens with zero attached hydrogens (tertiary/aromatic N) is 1. The minimum absolute atomic E-state index is 0.0306. The number of hydrogen-bond donors (Lipinski definition) is 1. The second-order valence-corrected chi connectivity index (χ2v) is 7.95. The van der Waals surface area contributed by atoms with Gasteiger partial charge < -0.3 is 15.0 Å². The van der Waals surface area contributed by atoms with Gasteiger partial charge in [0, 0.05) is 33.0 Å². The third-order valence-corrected chi connectivity index (χ3v) is 5.11. The normalized spacial score (nSPS) is 16.8. The highest BCUT2D eigenvalue weighted by Crippen LogP contribution is 2.35. The Morgan fingerprint density at radius 2 is 1.81 bits per heavy atom. The fourth-order valence-corrected chi connectivity index (χ4v) is 3.58. The number of carbonyl (C=O) groups is 2. The van der Waals surface area contributed by atoms with E-state index in [1.165, 1.54) is 0 Å². The van der Waals surface area contributed by atoms with Crippen molar-refractivity contribution in [1.29, 1.82) is 0 Å². The molecule has 5 heteroatoms. The number of nitrogens with one attached hydrogen (secondary N) is 1. The second kappa shape index (κ2) is 9.88. The summed E-state index contributed by atoms with van der Waals surface area (Å²) in [6.45, 7) is 11.8. The van der Waals surface area contributed by atoms with E-state index in [9.17, 15) is 9.59 Å². The number of rotatable bonds is 8. The van der Waals surface area contributed by atoms with Gasteiger partial charge in [-0.1, -0.05) is 45.9 Å². The van der Waals surface area contributed by atoms with Crippen LogP contribution < -0.4 is 10.2 Å². The molecule has 0 spiro atoms. The fraction of sp³-hybridized carbons (Fsp3) is 0.636. The zero-order valence-corrected chi connectivity index (χ0v) is 17.4. The molecule has 27 heavy (non-hydrogen) atoms. The van der Waals surface area contributed by atoms with Crippen LogP contribution in [0.15, 0.2) is 18.2 Å². The maximum absolute atomic E-state index is 12.4. The first kappa shape index (κ1) is 21.4. The van der Waals surface area contributed by atoms with E-state index < -0.39 is 0 Å². The van der Waals surface area contributed by atoms with E-state index in [-0.39, 0.29) is 24.3 Å². The average Bonchev–Trinajstić information content (AvgIpc) is 3.13. The molecule has 1 aromatic rings. The zero-order chi connectivity index (χ0) is 20.0. The van der Waals surface area contributed by atoms with Crippen LogP contribution in [0.5, 0.6) is 0 Å². The van der Waals surface area contributed by atoms with Crippen molar-refractivity contribution in [3.05, 3.63) is 29.3 Å². The summed E-state index contributed by atoms with van der Waals surface area (Å²) >= 11 is 0. The molecule has 2 rings (SSSR count). The van der Waals surface area contributed by atoms with E-state index >= 15 is 0 Å². The quantitative estimate of drug-likeness (QED) is 0.749. The molecule has 1 fully saturated rings. The van der Waals surface area contributed by atoms with E-state index in [1.54, 1.807) is 11.8 Å². The Bertz CT molecular complexity index is 623. The third-order valence-electron chi connectivity index (χ3n) is 5.11. The Kier molecular flexibility index (Phi) is 7.84. The van der Waals surface area contributed by atoms with Crippen molar-refractivity contribution in [3.63, 3.8) is 0 Å². The SMILES string of the molecule is CC(=O)N(CCC(=O)NCC1CCCO1)c1c(C(C)C)cccc1C(C)C. The van der Waals surface area contributed by atoms with Gasteiger partial charge in [-0.15, -0.1) is 0 Å². The molecule has 1 saturated heterocycles. The highest BCUT2D eigenvalue weighted by Gasteiger charge is 2.23. The van der Waals surface area contributed by atoms with Crippen LogP contribution in [-0.4, -0.2) is 37.6 Å². The molecule has 0 aliphatic carbocycles. The van der Waals surface area contributed by atoms with Gasteiger partial charge in [-0.25, -0.2) is 0 Å². The highest BCUT2D eigenvalue weighted by molar-refractivity contribution is 5.94. The molecule has 1 N–H and O–H groups in total. The molecule has 150 valence electrons. The Balaban J connectivity index is 2.12. The predicted molar refractivity (Wildman–Crippen MR) is 109 cm³/mol. The lowest BCUT2D eigenvalue weighted by molar-refractivity contribution is -0.121. The van der Waals surface area contributed by atoms with E-state index in [0.29, 0.717) is 24.9 Å². The van der Waals surface area contributed by atoms with Crippen molar-refractivity contribution >= 4 is 17.5 Å². The van der Waals surface area contributed by atoms with Crippen LogP contribution in [0.4, 0.5) is 5.69 Å². The summed E-state index contributed by atoms with van der Waals surface area (Å²) in [5.74, 6) is 0.532. The van der Waals surface area contributed by atoms with Gasteiger partial charge in [0.05, 0.1) is 11.8 Å². The molecule has 2 amide bonds. The Hall–Kier alpha value is -1.88. The van der Waals surface area contributed by atoms with Crippen LogP contribution in [0.2, 0.25) is 0 Å². The van der Waals surface area contributed by atoms with Gasteiger partial charge in [-0.05, 0) is 35.8 Å². The summed E-state index contributed by atoms with van der Waals surface area (Å²) in [6, 6.07) is 6.22. The maximum Gasteiger partial charge on any atom is 0.223 e. The molecule has 1 unspecified atom stereocenters. The Morgan fingerprint density at radius 1 is 1.19 bits per heavy atom. The van der Waals surface area contributed by atoms with Crippen LogP contribution in [0, 0.1) is 0 Å². The molecule has 1 aliphatic rings. The van der Waals surface area contributed by atoms with E-state index in [1.807, 2.05) is 0 Å². The van der Waals surface area contributed by atoms with E-state index in [2.05, 4.69) is 51.2 Å². The first-order chi connectivity index (χ1) is 12.8. The van der Waals surface area contributed by atoms with Gasteiger partial charge in [-0.3, -0.25) is 9.59 Å². The maximum atomic E-state index is 12.4. The lowest BCUT2D eigenvalue weighted by Crippen LogP contribution is -2.37. The summed E-state index contributed by atoms with van der Waals surface area (Å²) in [5.41, 5.74) is 3.27. The summed E-state index contributed by atoms with van der Waals surface area (Å²) < 4.78 is 5.54. The molecule has 0 bridgehead atoms. The van der Waals surface area contributed by atoms with Gasteiger partial charge in [-0.2, -0.15) is 0 Å². The lowest BCUT2D eigenvalue weighted by Gasteiger charge is -2.29. The molecule has 1 heterocycles. The standard InChI is InChI=1S/C22H34N2O3/c1-15(2)19-9-6-10-20(16(3)4)22(19)24(17(5)25)12-11-21(26)23-14-18-8-7-13-27-18/h6,9-10,15-16,18H,7-8,11-14H2,1-5H3,(H,23,26). The van der Waals surface area contributed by atoms with Crippen molar-refractivity contribution in [3.8, 4) is 0 Å². The van der Waals surface area contributed by atoms with Crippen LogP contribution in [-0.2, 0) is 14.3 Å². The van der Waals surface area contributed by atoms with Crippen molar-refractivity contribution in [2.24, 2.45) is 0 Å². The average molecular weight is 375 g/mol. The van der Waals surface area contributed by atoms with Crippen LogP contribution >= 0.6 is 0 Å². The highest BCUT2D eigenvalue weighted by atomic mass is 16.5. The minimum atomic E-state index is -0.0372. The topological polar surface area (TPSA) is 58.6 Å². The van der Waals surface area contributed by atoms with Gasteiger partial charge in [0.2, 0.25) is 11.8 Å². The molecule has 1 aliphatic heterocycles. The second-order valence-electron chi connectivity index (χ2n) is 7.95. The largest absolute Gasteiger partial charge is 0.376 e. The van der Waals surface area contributed by atoms with Crippen molar-refractivity contribution in [2.75, 3.05) is 24.6 Å². The molecule has 0 saturated carbocycles. The Morgan fingerprint density at radius 3 is 2.30 bits per heavy atom. The number of amides is 2. The summed E-state index contributed by atoms with van der Waals surface area (Å²) in [5, 5.41) is 2.94. The van der Waals surface area contributed by atoms with Gasteiger partial charge in [0.25, 0.3) is 0 Å². The van der Waals surface area contributed by atoms with Gasteiger partial charge >= 0.3 is 0 Å². The number of benzene rings is 1. The summed E-state index contributed by atoms with van der Waals surface area (Å²) in [6.07, 6.45) is 2.48. The van der Waals surface area contributed by atoms with Crippen molar-refractivity contribution in [1.82, 2.24) is 5.32 Å². The first-order valence-electron chi connectivity index (χ1n) is 10.1. The number of para-hydroxylation sites is 1. The van der Waals surface area contributed by atoms with Gasteiger partial charge in [0.15, 0.2) is 0 Å². The number of ether oxygens (including phenoxy) is 1. The molecule has 5 nitrogen and oxygen atoms in total. The van der Waals surface area contributed by atoms with Crippen molar-refractivity contribution < 1.29 is 14.3 Å². The first-order valence-corrected chi connectivity index (χ1v) is 10.1. The number of hydrogen-bond acceptors (Lipinski definition) is 3. The molecule has 0 aromatic heterocycles. The van der Waals surface area contributed by atoms with E-state index in [4.69, 9.17) is 4.74 Å².